The number of methoxy groups -OCH3 is 1. The summed E-state index contributed by atoms with van der Waals surface area (Å²) in [5, 5.41) is 9.95. The second-order valence-corrected chi connectivity index (χ2v) is 5.15. The summed E-state index contributed by atoms with van der Waals surface area (Å²) in [5.41, 5.74) is -0.459. The predicted octanol–water partition coefficient (Wildman–Crippen LogP) is 0.539. The Morgan fingerprint density at radius 1 is 1.41 bits per heavy atom. The molecule has 1 saturated heterocycles. The van der Waals surface area contributed by atoms with Crippen molar-refractivity contribution in [3.05, 3.63) is 0 Å². The number of fused-ring (bicyclic) bond motifs is 2. The van der Waals surface area contributed by atoms with E-state index in [2.05, 4.69) is 5.92 Å². The number of ether oxygens (including phenoxy) is 3. The second kappa shape index (κ2) is 3.69. The minimum Gasteiger partial charge on any atom is -0.392 e. The fraction of sp³-hybridized carbons (Fsp3) is 0.846. The second-order valence-electron chi connectivity index (χ2n) is 5.15. The predicted molar refractivity (Wildman–Crippen MR) is 60.0 cm³/mol. The molecule has 3 fully saturated rings. The lowest BCUT2D eigenvalue weighted by atomic mass is 9.52. The number of rotatable bonds is 1. The molecule has 1 heterocycles. The van der Waals surface area contributed by atoms with Gasteiger partial charge in [-0.15, -0.1) is 12.3 Å². The van der Waals surface area contributed by atoms with E-state index in [4.69, 9.17) is 20.6 Å². The molecule has 0 aromatic heterocycles. The van der Waals surface area contributed by atoms with Gasteiger partial charge in [0.05, 0.1) is 25.2 Å². The van der Waals surface area contributed by atoms with Gasteiger partial charge < -0.3 is 19.3 Å². The largest absolute Gasteiger partial charge is 0.392 e. The van der Waals surface area contributed by atoms with Gasteiger partial charge in [0.15, 0.2) is 5.79 Å². The highest BCUT2D eigenvalue weighted by Gasteiger charge is 2.73. The van der Waals surface area contributed by atoms with Crippen molar-refractivity contribution in [2.75, 3.05) is 20.3 Å². The van der Waals surface area contributed by atoms with Crippen LogP contribution in [0, 0.1) is 24.2 Å². The van der Waals surface area contributed by atoms with Gasteiger partial charge >= 0.3 is 0 Å². The smallest absolute Gasteiger partial charge is 0.198 e. The van der Waals surface area contributed by atoms with E-state index >= 15 is 0 Å². The lowest BCUT2D eigenvalue weighted by Gasteiger charge is -2.63. The van der Waals surface area contributed by atoms with E-state index in [-0.39, 0.29) is 11.8 Å². The summed E-state index contributed by atoms with van der Waals surface area (Å²) in [5.74, 6) is 2.09. The molecule has 0 radical (unpaired) electrons. The molecule has 3 rings (SSSR count). The van der Waals surface area contributed by atoms with Crippen molar-refractivity contribution in [2.24, 2.45) is 11.8 Å². The molecule has 0 bridgehead atoms. The molecule has 3 aliphatic rings. The fourth-order valence-electron chi connectivity index (χ4n) is 3.83. The molecule has 0 aromatic rings. The van der Waals surface area contributed by atoms with Crippen molar-refractivity contribution in [1.82, 2.24) is 0 Å². The Morgan fingerprint density at radius 3 is 2.71 bits per heavy atom. The van der Waals surface area contributed by atoms with Gasteiger partial charge in [-0.2, -0.15) is 0 Å². The lowest BCUT2D eigenvalue weighted by Crippen LogP contribution is -2.74. The van der Waals surface area contributed by atoms with Gasteiger partial charge in [0, 0.05) is 19.4 Å². The van der Waals surface area contributed by atoms with Crippen LogP contribution >= 0.6 is 0 Å². The van der Waals surface area contributed by atoms with Crippen LogP contribution in [0.2, 0.25) is 0 Å². The van der Waals surface area contributed by atoms with E-state index in [0.717, 1.165) is 12.8 Å². The molecule has 4 unspecified atom stereocenters. The summed E-state index contributed by atoms with van der Waals surface area (Å²) >= 11 is 0. The molecule has 17 heavy (non-hydrogen) atoms. The lowest BCUT2D eigenvalue weighted by molar-refractivity contribution is -0.381. The molecule has 1 aliphatic heterocycles. The normalized spacial score (nSPS) is 47.2. The number of aliphatic hydroxyl groups excluding tert-OH is 1. The number of hydrogen-bond acceptors (Lipinski definition) is 4. The molecule has 2 aliphatic carbocycles. The average Bonchev–Trinajstić information content (AvgIpc) is 2.81. The van der Waals surface area contributed by atoms with Crippen LogP contribution in [0.25, 0.3) is 0 Å². The highest BCUT2D eigenvalue weighted by Crippen LogP contribution is 2.62. The molecule has 1 N–H and O–H groups in total. The summed E-state index contributed by atoms with van der Waals surface area (Å²) in [4.78, 5) is 0. The first-order valence-electron chi connectivity index (χ1n) is 6.16. The molecule has 0 amide bonds. The third-order valence-electron chi connectivity index (χ3n) is 4.70. The van der Waals surface area contributed by atoms with Crippen LogP contribution < -0.4 is 0 Å². The summed E-state index contributed by atoms with van der Waals surface area (Å²) in [6, 6.07) is 0. The van der Waals surface area contributed by atoms with Crippen LogP contribution in [0.4, 0.5) is 0 Å². The van der Waals surface area contributed by atoms with Gasteiger partial charge in [-0.1, -0.05) is 0 Å². The third-order valence-corrected chi connectivity index (χ3v) is 4.70. The standard InChI is InChI=1S/C13H18O4/c1-3-9-10-8-13(16-6-7-17-13)12(10,15-2)5-4-11(9)14/h1,9-11,14H,4-8H2,2H3. The van der Waals surface area contributed by atoms with E-state index in [1.807, 2.05) is 0 Å². The van der Waals surface area contributed by atoms with Crippen LogP contribution in [0.1, 0.15) is 19.3 Å². The van der Waals surface area contributed by atoms with E-state index < -0.39 is 17.5 Å². The zero-order valence-electron chi connectivity index (χ0n) is 10.0. The van der Waals surface area contributed by atoms with Gasteiger partial charge in [-0.25, -0.2) is 0 Å². The van der Waals surface area contributed by atoms with Gasteiger partial charge in [-0.05, 0) is 12.8 Å². The highest BCUT2D eigenvalue weighted by molar-refractivity contribution is 5.22. The van der Waals surface area contributed by atoms with Crippen LogP contribution in [0.15, 0.2) is 0 Å². The average molecular weight is 238 g/mol. The Balaban J connectivity index is 1.92. The molecule has 4 atom stereocenters. The number of terminal acetylenes is 1. The minimum atomic E-state index is -0.609. The first-order valence-corrected chi connectivity index (χ1v) is 6.16. The summed E-state index contributed by atoms with van der Waals surface area (Å²) in [7, 11) is 1.68. The Bertz CT molecular complexity index is 355. The van der Waals surface area contributed by atoms with Gasteiger partial charge in [0.2, 0.25) is 0 Å². The summed E-state index contributed by atoms with van der Waals surface area (Å²) in [6.07, 6.45) is 7.23. The van der Waals surface area contributed by atoms with Crippen LogP contribution in [0.3, 0.4) is 0 Å². The van der Waals surface area contributed by atoms with Crippen LogP contribution in [-0.2, 0) is 14.2 Å². The molecular formula is C13H18O4. The van der Waals surface area contributed by atoms with E-state index in [0.29, 0.717) is 19.6 Å². The maximum atomic E-state index is 9.95. The molecule has 1 spiro atoms. The van der Waals surface area contributed by atoms with E-state index in [9.17, 15) is 5.11 Å². The van der Waals surface area contributed by atoms with Crippen LogP contribution in [-0.4, -0.2) is 42.9 Å². The minimum absolute atomic E-state index is 0.138. The van der Waals surface area contributed by atoms with Crippen molar-refractivity contribution in [3.63, 3.8) is 0 Å². The van der Waals surface area contributed by atoms with Gasteiger partial charge in [0.1, 0.15) is 5.60 Å². The SMILES string of the molecule is C#CC1C(O)CCC2(OC)C1CC21OCCO1. The zero-order valence-corrected chi connectivity index (χ0v) is 10.0. The Hall–Kier alpha value is -0.600. The Morgan fingerprint density at radius 2 is 2.12 bits per heavy atom. The van der Waals surface area contributed by atoms with Gasteiger partial charge in [-0.3, -0.25) is 0 Å². The van der Waals surface area contributed by atoms with Crippen LogP contribution in [0.5, 0.6) is 0 Å². The van der Waals surface area contributed by atoms with Crippen molar-refractivity contribution in [3.8, 4) is 12.3 Å². The monoisotopic (exact) mass is 238 g/mol. The van der Waals surface area contributed by atoms with Crippen molar-refractivity contribution < 1.29 is 19.3 Å². The molecular weight excluding hydrogens is 220 g/mol. The molecule has 0 aromatic carbocycles. The maximum absolute atomic E-state index is 9.95. The summed E-state index contributed by atoms with van der Waals surface area (Å²) in [6.45, 7) is 1.22. The number of aliphatic hydroxyl groups is 1. The van der Waals surface area contributed by atoms with Gasteiger partial charge in [0.25, 0.3) is 0 Å². The first kappa shape index (κ1) is 11.5. The number of hydrogen-bond donors (Lipinski definition) is 1. The molecule has 4 nitrogen and oxygen atoms in total. The quantitative estimate of drug-likeness (QED) is 0.677. The Kier molecular flexibility index (Phi) is 2.50. The Labute approximate surface area is 101 Å². The van der Waals surface area contributed by atoms with Crippen molar-refractivity contribution >= 4 is 0 Å². The van der Waals surface area contributed by atoms with Crippen molar-refractivity contribution in [2.45, 2.75) is 36.8 Å². The first-order chi connectivity index (χ1) is 8.19. The summed E-state index contributed by atoms with van der Waals surface area (Å²) < 4.78 is 17.3. The molecule has 94 valence electrons. The fourth-order valence-corrected chi connectivity index (χ4v) is 3.83. The zero-order chi connectivity index (χ0) is 12.1. The third kappa shape index (κ3) is 1.23. The topological polar surface area (TPSA) is 47.9 Å². The molecule has 2 saturated carbocycles. The van der Waals surface area contributed by atoms with E-state index in [1.54, 1.807) is 7.11 Å². The maximum Gasteiger partial charge on any atom is 0.198 e. The molecule has 4 heteroatoms. The highest BCUT2D eigenvalue weighted by atomic mass is 16.8. The van der Waals surface area contributed by atoms with E-state index in [1.165, 1.54) is 0 Å². The van der Waals surface area contributed by atoms with Crippen molar-refractivity contribution in [1.29, 1.82) is 0 Å².